The molecule has 1 unspecified atom stereocenters. The van der Waals surface area contributed by atoms with Crippen LogP contribution in [-0.2, 0) is 4.79 Å². The average molecular weight is 227 g/mol. The van der Waals surface area contributed by atoms with Crippen LogP contribution in [0.4, 0.5) is 0 Å². The summed E-state index contributed by atoms with van der Waals surface area (Å²) in [5, 5.41) is 6.37. The number of amides is 1. The number of likely N-dealkylation sites (N-methyl/N-ethyl adjacent to an activating group) is 1. The Morgan fingerprint density at radius 2 is 2.31 bits per heavy atom. The van der Waals surface area contributed by atoms with Crippen molar-refractivity contribution in [2.24, 2.45) is 5.92 Å². The number of carbonyl (C=O) groups excluding carboxylic acids is 1. The second-order valence-electron chi connectivity index (χ2n) is 5.19. The molecule has 4 heteroatoms. The van der Waals surface area contributed by atoms with Gasteiger partial charge in [-0.2, -0.15) is 0 Å². The second-order valence-corrected chi connectivity index (χ2v) is 5.19. The van der Waals surface area contributed by atoms with Crippen molar-refractivity contribution in [2.45, 2.75) is 32.7 Å². The zero-order valence-electron chi connectivity index (χ0n) is 10.8. The summed E-state index contributed by atoms with van der Waals surface area (Å²) in [5.74, 6) is 0.653. The van der Waals surface area contributed by atoms with Crippen LogP contribution in [0.3, 0.4) is 0 Å². The number of nitrogens with one attached hydrogen (secondary N) is 2. The molecule has 0 aromatic carbocycles. The third-order valence-electron chi connectivity index (χ3n) is 2.82. The second kappa shape index (κ2) is 6.86. The van der Waals surface area contributed by atoms with Crippen LogP contribution < -0.4 is 10.6 Å². The summed E-state index contributed by atoms with van der Waals surface area (Å²) >= 11 is 0. The Balaban J connectivity index is 2.12. The first-order valence-corrected chi connectivity index (χ1v) is 6.26. The Hall–Kier alpha value is -0.610. The fourth-order valence-corrected chi connectivity index (χ4v) is 1.97. The quantitative estimate of drug-likeness (QED) is 0.692. The first kappa shape index (κ1) is 13.5. The zero-order chi connectivity index (χ0) is 12.0. The van der Waals surface area contributed by atoms with E-state index in [-0.39, 0.29) is 5.91 Å². The van der Waals surface area contributed by atoms with Crippen molar-refractivity contribution in [3.8, 4) is 0 Å². The topological polar surface area (TPSA) is 44.4 Å². The van der Waals surface area contributed by atoms with Gasteiger partial charge in [0.15, 0.2) is 0 Å². The van der Waals surface area contributed by atoms with Crippen LogP contribution >= 0.6 is 0 Å². The van der Waals surface area contributed by atoms with Gasteiger partial charge in [-0.3, -0.25) is 9.69 Å². The van der Waals surface area contributed by atoms with Gasteiger partial charge >= 0.3 is 0 Å². The highest BCUT2D eigenvalue weighted by atomic mass is 16.2. The summed E-state index contributed by atoms with van der Waals surface area (Å²) < 4.78 is 0. The van der Waals surface area contributed by atoms with Crippen LogP contribution in [0.1, 0.15) is 26.7 Å². The molecule has 0 aromatic rings. The van der Waals surface area contributed by atoms with Gasteiger partial charge in [-0.05, 0) is 32.4 Å². The highest BCUT2D eigenvalue weighted by Crippen LogP contribution is 2.05. The molecular formula is C12H25N3O. The predicted molar refractivity (Wildman–Crippen MR) is 66.4 cm³/mol. The lowest BCUT2D eigenvalue weighted by atomic mass is 10.2. The number of hydrogen-bond donors (Lipinski definition) is 2. The highest BCUT2D eigenvalue weighted by molar-refractivity contribution is 5.77. The van der Waals surface area contributed by atoms with E-state index in [1.165, 1.54) is 12.8 Å². The van der Waals surface area contributed by atoms with E-state index in [2.05, 4.69) is 29.4 Å². The maximum atomic E-state index is 11.6. The first-order chi connectivity index (χ1) is 7.58. The molecule has 1 heterocycles. The van der Waals surface area contributed by atoms with E-state index in [1.54, 1.807) is 0 Å². The van der Waals surface area contributed by atoms with E-state index >= 15 is 0 Å². The molecule has 0 saturated carbocycles. The lowest BCUT2D eigenvalue weighted by Crippen LogP contribution is -2.41. The number of carbonyl (C=O) groups is 1. The molecule has 1 aliphatic rings. The molecule has 0 aliphatic carbocycles. The molecule has 0 spiro atoms. The Labute approximate surface area is 98.8 Å². The molecule has 1 saturated heterocycles. The summed E-state index contributed by atoms with van der Waals surface area (Å²) in [6.45, 7) is 7.57. The number of hydrogen-bond acceptors (Lipinski definition) is 3. The molecule has 1 amide bonds. The van der Waals surface area contributed by atoms with Gasteiger partial charge in [-0.1, -0.05) is 13.8 Å². The maximum Gasteiger partial charge on any atom is 0.234 e. The van der Waals surface area contributed by atoms with E-state index in [0.29, 0.717) is 18.5 Å². The van der Waals surface area contributed by atoms with Gasteiger partial charge in [0, 0.05) is 19.1 Å². The van der Waals surface area contributed by atoms with Crippen LogP contribution in [0.2, 0.25) is 0 Å². The Morgan fingerprint density at radius 3 is 2.88 bits per heavy atom. The third-order valence-corrected chi connectivity index (χ3v) is 2.82. The molecule has 1 atom stereocenters. The molecule has 94 valence electrons. The van der Waals surface area contributed by atoms with Gasteiger partial charge in [-0.15, -0.1) is 0 Å². The molecule has 0 radical (unpaired) electrons. The Morgan fingerprint density at radius 1 is 1.56 bits per heavy atom. The molecular weight excluding hydrogens is 202 g/mol. The van der Waals surface area contributed by atoms with Crippen molar-refractivity contribution in [1.29, 1.82) is 0 Å². The SMILES string of the molecule is CC(C)CNC(=O)CN(C)CC1CCCN1. The maximum absolute atomic E-state index is 11.6. The zero-order valence-corrected chi connectivity index (χ0v) is 10.8. The monoisotopic (exact) mass is 227 g/mol. The number of nitrogens with zero attached hydrogens (tertiary/aromatic N) is 1. The molecule has 16 heavy (non-hydrogen) atoms. The van der Waals surface area contributed by atoms with Crippen LogP contribution in [0.25, 0.3) is 0 Å². The molecule has 0 aromatic heterocycles. The van der Waals surface area contributed by atoms with Gasteiger partial charge < -0.3 is 10.6 Å². The van der Waals surface area contributed by atoms with E-state index in [0.717, 1.165) is 19.6 Å². The Kier molecular flexibility index (Phi) is 5.77. The fourth-order valence-electron chi connectivity index (χ4n) is 1.97. The minimum atomic E-state index is 0.134. The standard InChI is InChI=1S/C12H25N3O/c1-10(2)7-14-12(16)9-15(3)8-11-5-4-6-13-11/h10-11,13H,4-9H2,1-3H3,(H,14,16). The highest BCUT2D eigenvalue weighted by Gasteiger charge is 2.16. The van der Waals surface area contributed by atoms with Gasteiger partial charge in [-0.25, -0.2) is 0 Å². The minimum absolute atomic E-state index is 0.134. The minimum Gasteiger partial charge on any atom is -0.355 e. The summed E-state index contributed by atoms with van der Waals surface area (Å²) in [5.41, 5.74) is 0. The van der Waals surface area contributed by atoms with Crippen molar-refractivity contribution in [3.05, 3.63) is 0 Å². The van der Waals surface area contributed by atoms with Gasteiger partial charge in [0.1, 0.15) is 0 Å². The van der Waals surface area contributed by atoms with Crippen molar-refractivity contribution in [3.63, 3.8) is 0 Å². The average Bonchev–Trinajstić information content (AvgIpc) is 2.67. The summed E-state index contributed by atoms with van der Waals surface area (Å²) in [6.07, 6.45) is 2.50. The van der Waals surface area contributed by atoms with Crippen molar-refractivity contribution in [1.82, 2.24) is 15.5 Å². The van der Waals surface area contributed by atoms with Crippen molar-refractivity contribution < 1.29 is 4.79 Å². The molecule has 1 fully saturated rings. The van der Waals surface area contributed by atoms with Crippen molar-refractivity contribution in [2.75, 3.05) is 33.2 Å². The molecule has 4 nitrogen and oxygen atoms in total. The number of rotatable bonds is 6. The van der Waals surface area contributed by atoms with E-state index in [9.17, 15) is 4.79 Å². The van der Waals surface area contributed by atoms with E-state index < -0.39 is 0 Å². The fraction of sp³-hybridized carbons (Fsp3) is 0.917. The molecule has 0 bridgehead atoms. The largest absolute Gasteiger partial charge is 0.355 e. The first-order valence-electron chi connectivity index (χ1n) is 6.26. The van der Waals surface area contributed by atoms with Gasteiger partial charge in [0.25, 0.3) is 0 Å². The van der Waals surface area contributed by atoms with E-state index in [4.69, 9.17) is 0 Å². The third kappa shape index (κ3) is 5.47. The van der Waals surface area contributed by atoms with Crippen LogP contribution in [0.5, 0.6) is 0 Å². The van der Waals surface area contributed by atoms with Gasteiger partial charge in [0.05, 0.1) is 6.54 Å². The smallest absolute Gasteiger partial charge is 0.234 e. The molecule has 1 aliphatic heterocycles. The van der Waals surface area contributed by atoms with E-state index in [1.807, 2.05) is 7.05 Å². The normalized spacial score (nSPS) is 20.7. The summed E-state index contributed by atoms with van der Waals surface area (Å²) in [7, 11) is 2.01. The lowest BCUT2D eigenvalue weighted by Gasteiger charge is -2.20. The van der Waals surface area contributed by atoms with Gasteiger partial charge in [0.2, 0.25) is 5.91 Å². The molecule has 1 rings (SSSR count). The lowest BCUT2D eigenvalue weighted by molar-refractivity contribution is -0.122. The molecule has 2 N–H and O–H groups in total. The van der Waals surface area contributed by atoms with Crippen LogP contribution in [-0.4, -0.2) is 50.1 Å². The van der Waals surface area contributed by atoms with Crippen LogP contribution in [0, 0.1) is 5.92 Å². The van der Waals surface area contributed by atoms with Crippen molar-refractivity contribution >= 4 is 5.91 Å². The van der Waals surface area contributed by atoms with Crippen LogP contribution in [0.15, 0.2) is 0 Å². The predicted octanol–water partition coefficient (Wildman–Crippen LogP) is 0.442. The summed E-state index contributed by atoms with van der Waals surface area (Å²) in [6, 6.07) is 0.572. The Bertz CT molecular complexity index is 212. The summed E-state index contributed by atoms with van der Waals surface area (Å²) in [4.78, 5) is 13.7.